The van der Waals surface area contributed by atoms with Crippen LogP contribution in [0.25, 0.3) is 0 Å². The zero-order valence-electron chi connectivity index (χ0n) is 21.3. The molecule has 0 fully saturated rings. The van der Waals surface area contributed by atoms with Crippen LogP contribution in [0.1, 0.15) is 81.1 Å². The van der Waals surface area contributed by atoms with Crippen molar-refractivity contribution in [2.75, 3.05) is 39.6 Å². The molecule has 0 bridgehead atoms. The van der Waals surface area contributed by atoms with Gasteiger partial charge in [-0.3, -0.25) is 0 Å². The third-order valence-corrected chi connectivity index (χ3v) is 11.3. The molecule has 0 saturated carbocycles. The first-order valence-corrected chi connectivity index (χ1v) is 19.1. The largest absolute Gasteiger partial charge is 0.676 e. The van der Waals surface area contributed by atoms with Crippen LogP contribution >= 0.6 is 0 Å². The van der Waals surface area contributed by atoms with E-state index in [0.29, 0.717) is 39.6 Å². The summed E-state index contributed by atoms with van der Waals surface area (Å²) in [5.41, 5.74) is 0. The van der Waals surface area contributed by atoms with E-state index < -0.39 is 18.1 Å². The Hall–Kier alpha value is 0.912. The van der Waals surface area contributed by atoms with E-state index in [9.17, 15) is 9.59 Å². The molecule has 2 radical (unpaired) electrons. The monoisotopic (exact) mass is 594 g/mol. The smallest absolute Gasteiger partial charge is 0.367 e. The third kappa shape index (κ3) is 27.0. The van der Waals surface area contributed by atoms with Gasteiger partial charge in [0.1, 0.15) is 0 Å². The molecular weight excluding hydrogens is 543 g/mol. The molecule has 31 heavy (non-hydrogen) atoms. The number of hydrogen-bond acceptors (Lipinski definition) is 8. The van der Waals surface area contributed by atoms with Crippen molar-refractivity contribution in [1.82, 2.24) is 0 Å². The van der Waals surface area contributed by atoms with Gasteiger partial charge in [-0.25, -0.2) is 0 Å². The number of rotatable bonds is 18. The van der Waals surface area contributed by atoms with Crippen LogP contribution in [0.4, 0.5) is 0 Å². The van der Waals surface area contributed by atoms with Crippen LogP contribution in [0.2, 0.25) is 8.87 Å². The molecule has 0 spiro atoms. The molecule has 0 aliphatic carbocycles. The Labute approximate surface area is 204 Å². The fourth-order valence-corrected chi connectivity index (χ4v) is 8.92. The summed E-state index contributed by atoms with van der Waals surface area (Å²) >= 11 is 0.149. The maximum Gasteiger partial charge on any atom is 0.676 e. The normalized spacial score (nSPS) is 11.4. The standard InChI is InChI=1S/2C6H16O4Si.2C4H9.Sn/c2*1-4-8-11(7,9-5-2)10-6-3;2*1-3-4-2;/h2*7H,4-6H2,1-3H3;2*1,3-4H2,2H3;. The van der Waals surface area contributed by atoms with Crippen molar-refractivity contribution in [2.45, 2.75) is 89.9 Å². The van der Waals surface area contributed by atoms with E-state index in [-0.39, 0.29) is 21.1 Å². The minimum atomic E-state index is -3.25. The Kier molecular flexibility index (Phi) is 32.0. The number of unbranched alkanes of at least 4 members (excludes halogenated alkanes) is 2. The van der Waals surface area contributed by atoms with Crippen LogP contribution in [0.5, 0.6) is 0 Å². The van der Waals surface area contributed by atoms with Gasteiger partial charge >= 0.3 is 87.6 Å². The molecule has 0 rings (SSSR count). The Morgan fingerprint density at radius 3 is 0.871 bits per heavy atom. The molecule has 0 heterocycles. The van der Waals surface area contributed by atoms with Crippen molar-refractivity contribution in [3.05, 3.63) is 0 Å². The minimum absolute atomic E-state index is 0.149. The first-order valence-electron chi connectivity index (χ1n) is 11.8. The van der Waals surface area contributed by atoms with E-state index >= 15 is 0 Å². The van der Waals surface area contributed by atoms with Gasteiger partial charge in [0.2, 0.25) is 0 Å². The molecule has 0 saturated heterocycles. The van der Waals surface area contributed by atoms with E-state index in [2.05, 4.69) is 13.8 Å². The molecule has 0 unspecified atom stereocenters. The first-order chi connectivity index (χ1) is 14.8. The van der Waals surface area contributed by atoms with E-state index in [0.717, 1.165) is 0 Å². The summed E-state index contributed by atoms with van der Waals surface area (Å²) in [6, 6.07) is 0. The SMILES string of the molecule is CCC[CH2][Sn][CH2]CCC.CCO[Si](O)(OCC)OCC.CCO[Si](O)(OCC)OCC. The van der Waals surface area contributed by atoms with Gasteiger partial charge in [0.25, 0.3) is 0 Å². The zero-order valence-corrected chi connectivity index (χ0v) is 26.2. The maximum atomic E-state index is 9.48. The first kappa shape index (κ1) is 36.5. The minimum Gasteiger partial charge on any atom is -0.367 e. The van der Waals surface area contributed by atoms with E-state index in [1.807, 2.05) is 0 Å². The molecular formula is C20H50O8Si2Sn. The predicted octanol–water partition coefficient (Wildman–Crippen LogP) is 4.18. The summed E-state index contributed by atoms with van der Waals surface area (Å²) < 4.78 is 33.0. The summed E-state index contributed by atoms with van der Waals surface area (Å²) in [5.74, 6) is 0. The van der Waals surface area contributed by atoms with E-state index in [1.165, 1.54) is 25.7 Å². The van der Waals surface area contributed by atoms with Crippen molar-refractivity contribution < 1.29 is 36.1 Å². The topological polar surface area (TPSA) is 95.8 Å². The summed E-state index contributed by atoms with van der Waals surface area (Å²) in [6.45, 7) is 17.7. The van der Waals surface area contributed by atoms with Crippen LogP contribution in [0, 0.1) is 0 Å². The van der Waals surface area contributed by atoms with Gasteiger partial charge < -0.3 is 36.1 Å². The van der Waals surface area contributed by atoms with Crippen LogP contribution in [-0.4, -0.2) is 88.5 Å². The second-order valence-corrected chi connectivity index (χ2v) is 14.2. The van der Waals surface area contributed by atoms with Crippen LogP contribution in [0.15, 0.2) is 0 Å². The Morgan fingerprint density at radius 1 is 0.484 bits per heavy atom. The molecule has 0 aromatic carbocycles. The molecule has 11 heteroatoms. The maximum absolute atomic E-state index is 9.48. The molecule has 0 aromatic heterocycles. The van der Waals surface area contributed by atoms with Gasteiger partial charge in [0, 0.05) is 39.6 Å². The average Bonchev–Trinajstić information content (AvgIpc) is 2.70. The summed E-state index contributed by atoms with van der Waals surface area (Å²) in [6.07, 6.45) is 5.84. The van der Waals surface area contributed by atoms with Crippen molar-refractivity contribution >= 4 is 39.2 Å². The quantitative estimate of drug-likeness (QED) is 0.181. The summed E-state index contributed by atoms with van der Waals surface area (Å²) in [4.78, 5) is 19.0. The van der Waals surface area contributed by atoms with Gasteiger partial charge in [-0.05, 0) is 41.5 Å². The average molecular weight is 593 g/mol. The summed E-state index contributed by atoms with van der Waals surface area (Å²) in [7, 11) is -6.50. The second kappa shape index (κ2) is 27.2. The third-order valence-electron chi connectivity index (χ3n) is 3.37. The summed E-state index contributed by atoms with van der Waals surface area (Å²) in [5, 5.41) is 0. The van der Waals surface area contributed by atoms with Gasteiger partial charge in [-0.2, -0.15) is 0 Å². The molecule has 190 valence electrons. The molecule has 2 N–H and O–H groups in total. The van der Waals surface area contributed by atoms with Gasteiger partial charge in [0.15, 0.2) is 0 Å². The van der Waals surface area contributed by atoms with Crippen molar-refractivity contribution in [1.29, 1.82) is 0 Å². The van der Waals surface area contributed by atoms with Gasteiger partial charge in [-0.15, -0.1) is 0 Å². The van der Waals surface area contributed by atoms with E-state index in [1.54, 1.807) is 50.4 Å². The second-order valence-electron chi connectivity index (χ2n) is 6.10. The zero-order chi connectivity index (χ0) is 24.4. The molecule has 0 atom stereocenters. The van der Waals surface area contributed by atoms with Gasteiger partial charge in [-0.1, -0.05) is 0 Å². The Morgan fingerprint density at radius 2 is 0.710 bits per heavy atom. The molecule has 0 aliphatic rings. The fraction of sp³-hybridized carbons (Fsp3) is 1.00. The van der Waals surface area contributed by atoms with Crippen LogP contribution in [0.3, 0.4) is 0 Å². The van der Waals surface area contributed by atoms with Crippen LogP contribution in [-0.2, 0) is 26.6 Å². The predicted molar refractivity (Wildman–Crippen MR) is 131 cm³/mol. The molecule has 8 nitrogen and oxygen atoms in total. The molecule has 0 aliphatic heterocycles. The Bertz CT molecular complexity index is 280. The van der Waals surface area contributed by atoms with Crippen LogP contribution < -0.4 is 0 Å². The Balaban J connectivity index is -0.000000382. The van der Waals surface area contributed by atoms with E-state index in [4.69, 9.17) is 26.6 Å². The van der Waals surface area contributed by atoms with Gasteiger partial charge in [0.05, 0.1) is 0 Å². The molecule has 0 amide bonds. The molecule has 0 aromatic rings. The van der Waals surface area contributed by atoms with Crippen molar-refractivity contribution in [2.24, 2.45) is 0 Å². The fourth-order valence-electron chi connectivity index (χ4n) is 2.07. The van der Waals surface area contributed by atoms with Crippen molar-refractivity contribution in [3.63, 3.8) is 0 Å². The van der Waals surface area contributed by atoms with Crippen molar-refractivity contribution in [3.8, 4) is 0 Å². The number of hydrogen-bond donors (Lipinski definition) is 2.